The molecule has 3 rings (SSSR count). The number of aryl methyl sites for hydroxylation is 2. The Morgan fingerprint density at radius 2 is 1.78 bits per heavy atom. The van der Waals surface area contributed by atoms with Crippen molar-refractivity contribution in [3.8, 4) is 0 Å². The first-order valence-electron chi connectivity index (χ1n) is 11.1. The summed E-state index contributed by atoms with van der Waals surface area (Å²) in [7, 11) is 1.86. The molecule has 9 N–H and O–H groups in total. The Hall–Kier alpha value is -2.59. The number of anilines is 2. The van der Waals surface area contributed by atoms with E-state index in [9.17, 15) is 0 Å². The van der Waals surface area contributed by atoms with E-state index < -0.39 is 5.41 Å². The van der Waals surface area contributed by atoms with E-state index in [1.807, 2.05) is 13.1 Å². The number of hydrogen-bond donors (Lipinski definition) is 6. The van der Waals surface area contributed by atoms with Crippen LogP contribution in [0.3, 0.4) is 0 Å². The molecule has 176 valence electrons. The van der Waals surface area contributed by atoms with Gasteiger partial charge in [-0.3, -0.25) is 0 Å². The fraction of sp³-hybridized carbons (Fsp3) is 0.522. The van der Waals surface area contributed by atoms with Crippen LogP contribution >= 0.6 is 0 Å². The minimum absolute atomic E-state index is 0. The van der Waals surface area contributed by atoms with E-state index in [-0.39, 0.29) is 5.48 Å². The number of nitrogens with one attached hydrogen (secondary N) is 5. The van der Waals surface area contributed by atoms with E-state index in [2.05, 4.69) is 58.5 Å². The molecule has 1 fully saturated rings. The highest BCUT2D eigenvalue weighted by atomic mass is 16.0. The SMILES string of the molecule is CNCC(C=N)(CN)c1ccnc(NC2CCC(NNc3c(C)cccc3C)CC2)n1.O. The van der Waals surface area contributed by atoms with E-state index >= 15 is 0 Å². The first-order valence-corrected chi connectivity index (χ1v) is 11.1. The van der Waals surface area contributed by atoms with Gasteiger partial charge in [0.2, 0.25) is 5.95 Å². The first kappa shape index (κ1) is 25.7. The number of benzene rings is 1. The second kappa shape index (κ2) is 11.9. The standard InChI is InChI=1S/C23H36N8.H2O/c1-16-5-4-6-17(2)21(16)31-30-19-9-7-18(8-10-19)28-22-27-12-11-20(29-22)23(13-24,14-25)15-26-3;/h4-6,11-13,18-19,24,26,30-31H,7-10,14-15,25H2,1-3H3,(H,27,28,29);1H2. The predicted octanol–water partition coefficient (Wildman–Crippen LogP) is 1.67. The Labute approximate surface area is 190 Å². The van der Waals surface area contributed by atoms with Crippen molar-refractivity contribution in [1.82, 2.24) is 20.7 Å². The van der Waals surface area contributed by atoms with Crippen LogP contribution in [-0.2, 0) is 5.41 Å². The third kappa shape index (κ3) is 6.01. The Balaban J connectivity index is 0.00000363. The van der Waals surface area contributed by atoms with Gasteiger partial charge in [-0.1, -0.05) is 18.2 Å². The first-order chi connectivity index (χ1) is 15.0. The fourth-order valence-corrected chi connectivity index (χ4v) is 4.22. The Kier molecular flexibility index (Phi) is 9.52. The number of hydrogen-bond acceptors (Lipinski definition) is 8. The third-order valence-electron chi connectivity index (χ3n) is 6.24. The number of nitrogens with two attached hydrogens (primary N) is 1. The summed E-state index contributed by atoms with van der Waals surface area (Å²) in [4.78, 5) is 9.10. The van der Waals surface area contributed by atoms with Gasteiger partial charge < -0.3 is 32.7 Å². The van der Waals surface area contributed by atoms with Crippen LogP contribution in [0.1, 0.15) is 42.5 Å². The smallest absolute Gasteiger partial charge is 0.223 e. The molecular weight excluding hydrogens is 404 g/mol. The van der Waals surface area contributed by atoms with Crippen molar-refractivity contribution < 1.29 is 5.48 Å². The molecule has 1 atom stereocenters. The van der Waals surface area contributed by atoms with Gasteiger partial charge in [-0.15, -0.1) is 0 Å². The van der Waals surface area contributed by atoms with Crippen LogP contribution in [0.4, 0.5) is 11.6 Å². The summed E-state index contributed by atoms with van der Waals surface area (Å²) in [6.07, 6.45) is 7.36. The Morgan fingerprint density at radius 1 is 1.12 bits per heavy atom. The van der Waals surface area contributed by atoms with E-state index in [1.54, 1.807) is 6.20 Å². The van der Waals surface area contributed by atoms with Gasteiger partial charge in [-0.25, -0.2) is 15.4 Å². The van der Waals surface area contributed by atoms with E-state index in [0.717, 1.165) is 31.4 Å². The van der Waals surface area contributed by atoms with Gasteiger partial charge in [-0.2, -0.15) is 0 Å². The summed E-state index contributed by atoms with van der Waals surface area (Å²) in [5.74, 6) is 0.610. The van der Waals surface area contributed by atoms with Gasteiger partial charge in [0, 0.05) is 37.6 Å². The Morgan fingerprint density at radius 3 is 2.38 bits per heavy atom. The van der Waals surface area contributed by atoms with Crippen LogP contribution in [0.2, 0.25) is 0 Å². The number of para-hydroxylation sites is 1. The zero-order chi connectivity index (χ0) is 22.3. The highest BCUT2D eigenvalue weighted by molar-refractivity contribution is 5.71. The van der Waals surface area contributed by atoms with Crippen molar-refractivity contribution >= 4 is 17.9 Å². The number of likely N-dealkylation sites (N-methyl/N-ethyl adjacent to an activating group) is 1. The van der Waals surface area contributed by atoms with Gasteiger partial charge in [0.05, 0.1) is 16.8 Å². The van der Waals surface area contributed by atoms with Crippen molar-refractivity contribution in [2.75, 3.05) is 30.9 Å². The van der Waals surface area contributed by atoms with Crippen LogP contribution < -0.4 is 27.2 Å². The molecule has 1 heterocycles. The molecule has 9 nitrogen and oxygen atoms in total. The molecule has 0 bridgehead atoms. The number of nitrogens with zero attached hydrogens (tertiary/aromatic N) is 2. The quantitative estimate of drug-likeness (QED) is 0.241. The largest absolute Gasteiger partial charge is 0.412 e. The molecule has 0 radical (unpaired) electrons. The number of aromatic nitrogens is 2. The summed E-state index contributed by atoms with van der Waals surface area (Å²) >= 11 is 0. The number of rotatable bonds is 10. The summed E-state index contributed by atoms with van der Waals surface area (Å²) in [6.45, 7) is 5.13. The summed E-state index contributed by atoms with van der Waals surface area (Å²) in [6, 6.07) is 8.96. The molecular formula is C23H38N8O. The molecule has 0 spiro atoms. The molecule has 2 aromatic rings. The normalized spacial score (nSPS) is 20.0. The minimum atomic E-state index is -0.616. The van der Waals surface area contributed by atoms with Crippen LogP contribution in [0, 0.1) is 19.3 Å². The maximum Gasteiger partial charge on any atom is 0.223 e. The highest BCUT2D eigenvalue weighted by Gasteiger charge is 2.30. The maximum absolute atomic E-state index is 7.88. The van der Waals surface area contributed by atoms with Crippen molar-refractivity contribution in [1.29, 1.82) is 5.41 Å². The lowest BCUT2D eigenvalue weighted by atomic mass is 9.85. The van der Waals surface area contributed by atoms with Crippen molar-refractivity contribution in [2.45, 2.75) is 57.0 Å². The molecule has 1 unspecified atom stereocenters. The zero-order valence-electron chi connectivity index (χ0n) is 19.3. The molecule has 1 aromatic carbocycles. The van der Waals surface area contributed by atoms with E-state index in [4.69, 9.17) is 16.1 Å². The molecule has 1 aliphatic rings. The van der Waals surface area contributed by atoms with Crippen LogP contribution in [0.25, 0.3) is 0 Å². The van der Waals surface area contributed by atoms with Gasteiger partial charge in [-0.05, 0) is 63.8 Å². The molecule has 1 aliphatic carbocycles. The average molecular weight is 443 g/mol. The Bertz CT molecular complexity index is 849. The van der Waals surface area contributed by atoms with Crippen molar-refractivity contribution in [2.24, 2.45) is 5.73 Å². The van der Waals surface area contributed by atoms with Gasteiger partial charge >= 0.3 is 0 Å². The summed E-state index contributed by atoms with van der Waals surface area (Å²) in [5.41, 5.74) is 16.7. The average Bonchev–Trinajstić information content (AvgIpc) is 2.78. The van der Waals surface area contributed by atoms with E-state index in [1.165, 1.54) is 23.0 Å². The highest BCUT2D eigenvalue weighted by Crippen LogP contribution is 2.24. The summed E-state index contributed by atoms with van der Waals surface area (Å²) in [5, 5.41) is 14.5. The van der Waals surface area contributed by atoms with Crippen molar-refractivity contribution in [3.63, 3.8) is 0 Å². The van der Waals surface area contributed by atoms with Gasteiger partial charge in [0.1, 0.15) is 0 Å². The monoisotopic (exact) mass is 442 g/mol. The van der Waals surface area contributed by atoms with Gasteiger partial charge in [0.15, 0.2) is 0 Å². The molecule has 0 aliphatic heterocycles. The van der Waals surface area contributed by atoms with Crippen molar-refractivity contribution in [3.05, 3.63) is 47.3 Å². The summed E-state index contributed by atoms with van der Waals surface area (Å²) < 4.78 is 0. The minimum Gasteiger partial charge on any atom is -0.412 e. The molecule has 9 heteroatoms. The third-order valence-corrected chi connectivity index (χ3v) is 6.24. The second-order valence-electron chi connectivity index (χ2n) is 8.53. The topological polar surface area (TPSA) is 155 Å². The van der Waals surface area contributed by atoms with Crippen LogP contribution in [0.15, 0.2) is 30.5 Å². The van der Waals surface area contributed by atoms with Crippen LogP contribution in [-0.4, -0.2) is 53.9 Å². The molecule has 1 saturated carbocycles. The molecule has 0 amide bonds. The maximum atomic E-state index is 7.88. The lowest BCUT2D eigenvalue weighted by Crippen LogP contribution is -2.45. The van der Waals surface area contributed by atoms with Gasteiger partial charge in [0.25, 0.3) is 0 Å². The van der Waals surface area contributed by atoms with Crippen LogP contribution in [0.5, 0.6) is 0 Å². The lowest BCUT2D eigenvalue weighted by molar-refractivity contribution is 0.369. The fourth-order valence-electron chi connectivity index (χ4n) is 4.22. The zero-order valence-corrected chi connectivity index (χ0v) is 19.3. The number of hydrazine groups is 1. The van der Waals surface area contributed by atoms with E-state index in [0.29, 0.717) is 31.1 Å². The predicted molar refractivity (Wildman–Crippen MR) is 131 cm³/mol. The second-order valence-corrected chi connectivity index (χ2v) is 8.53. The molecule has 32 heavy (non-hydrogen) atoms. The molecule has 0 saturated heterocycles. The molecule has 1 aromatic heterocycles. The lowest BCUT2D eigenvalue weighted by Gasteiger charge is -2.31.